The van der Waals surface area contributed by atoms with Crippen LogP contribution in [0.2, 0.25) is 0 Å². The predicted octanol–water partition coefficient (Wildman–Crippen LogP) is 7.42. The smallest absolute Gasteiger partial charge is 0.166 e. The lowest BCUT2D eigenvalue weighted by molar-refractivity contribution is 0.133. The molecular formula is C29H30F2O. The first-order valence-electron chi connectivity index (χ1n) is 11.5. The number of benzene rings is 2. The van der Waals surface area contributed by atoms with E-state index in [4.69, 9.17) is 4.74 Å². The fourth-order valence-corrected chi connectivity index (χ4v) is 5.31. The Bertz CT molecular complexity index is 1040. The van der Waals surface area contributed by atoms with Gasteiger partial charge < -0.3 is 4.74 Å². The van der Waals surface area contributed by atoms with Crippen molar-refractivity contribution in [3.8, 4) is 17.6 Å². The highest BCUT2D eigenvalue weighted by Gasteiger charge is 2.35. The highest BCUT2D eigenvalue weighted by atomic mass is 19.1. The molecule has 1 nitrogen and oxygen atoms in total. The van der Waals surface area contributed by atoms with Crippen molar-refractivity contribution in [3.05, 3.63) is 90.0 Å². The van der Waals surface area contributed by atoms with Gasteiger partial charge in [-0.2, -0.15) is 0 Å². The van der Waals surface area contributed by atoms with E-state index in [9.17, 15) is 8.78 Å². The summed E-state index contributed by atoms with van der Waals surface area (Å²) >= 11 is 0. The monoisotopic (exact) mass is 432 g/mol. The molecule has 2 saturated carbocycles. The van der Waals surface area contributed by atoms with Crippen molar-refractivity contribution >= 4 is 0 Å². The van der Waals surface area contributed by atoms with E-state index >= 15 is 0 Å². The third-order valence-corrected chi connectivity index (χ3v) is 7.08. The zero-order chi connectivity index (χ0) is 22.5. The molecule has 166 valence electrons. The molecule has 0 aromatic heterocycles. The molecule has 0 heterocycles. The molecule has 32 heavy (non-hydrogen) atoms. The summed E-state index contributed by atoms with van der Waals surface area (Å²) in [5, 5.41) is 0. The molecule has 4 atom stereocenters. The van der Waals surface area contributed by atoms with Gasteiger partial charge in [0, 0.05) is 5.56 Å². The Morgan fingerprint density at radius 1 is 0.906 bits per heavy atom. The zero-order valence-electron chi connectivity index (χ0n) is 18.5. The SMILES string of the molecule is C=CCOc1ccc(C#Cc2ccc(C3CCC4CC(C=C)CCC4C3)cc2F)cc1F. The molecule has 2 aliphatic carbocycles. The second-order valence-corrected chi connectivity index (χ2v) is 9.07. The average molecular weight is 433 g/mol. The van der Waals surface area contributed by atoms with Crippen LogP contribution in [0.3, 0.4) is 0 Å². The molecule has 0 amide bonds. The lowest BCUT2D eigenvalue weighted by Crippen LogP contribution is -2.30. The quantitative estimate of drug-likeness (QED) is 0.353. The standard InChI is InChI=1S/C29H30F2O/c1-3-15-32-29-14-7-21(17-28(29)31)6-8-22-10-11-26(19-27(22)30)25-13-12-23-16-20(4-2)5-9-24(23)18-25/h3-4,7,10-11,14,17,19-20,23-25H,1-2,5,9,12-13,15-16,18H2. The van der Waals surface area contributed by atoms with Crippen LogP contribution in [-0.4, -0.2) is 6.61 Å². The van der Waals surface area contributed by atoms with Crippen molar-refractivity contribution in [2.45, 2.75) is 44.4 Å². The van der Waals surface area contributed by atoms with Gasteiger partial charge in [0.05, 0.1) is 5.56 Å². The lowest BCUT2D eigenvalue weighted by atomic mass is 9.64. The minimum atomic E-state index is -0.493. The summed E-state index contributed by atoms with van der Waals surface area (Å²) < 4.78 is 34.1. The topological polar surface area (TPSA) is 9.23 Å². The van der Waals surface area contributed by atoms with Gasteiger partial charge in [0.15, 0.2) is 11.6 Å². The summed E-state index contributed by atoms with van der Waals surface area (Å²) in [5.41, 5.74) is 1.89. The van der Waals surface area contributed by atoms with Crippen LogP contribution in [0.25, 0.3) is 0 Å². The molecule has 0 bridgehead atoms. The first-order chi connectivity index (χ1) is 15.6. The fourth-order valence-electron chi connectivity index (χ4n) is 5.31. The highest BCUT2D eigenvalue weighted by Crippen LogP contribution is 2.47. The Labute approximate surface area is 190 Å². The van der Waals surface area contributed by atoms with Gasteiger partial charge in [0.25, 0.3) is 0 Å². The minimum Gasteiger partial charge on any atom is -0.486 e. The number of hydrogen-bond acceptors (Lipinski definition) is 1. The third-order valence-electron chi connectivity index (χ3n) is 7.08. The lowest BCUT2D eigenvalue weighted by Gasteiger charge is -2.41. The molecule has 4 unspecified atom stereocenters. The van der Waals surface area contributed by atoms with Gasteiger partial charge in [-0.15, -0.1) is 6.58 Å². The average Bonchev–Trinajstić information content (AvgIpc) is 2.82. The molecule has 0 radical (unpaired) electrons. The molecule has 0 saturated heterocycles. The molecule has 0 N–H and O–H groups in total. The van der Waals surface area contributed by atoms with Crippen molar-refractivity contribution < 1.29 is 13.5 Å². The van der Waals surface area contributed by atoms with E-state index in [1.54, 1.807) is 24.3 Å². The number of allylic oxidation sites excluding steroid dienone is 1. The van der Waals surface area contributed by atoms with E-state index < -0.39 is 5.82 Å². The number of ether oxygens (including phenoxy) is 1. The minimum absolute atomic E-state index is 0.152. The molecule has 2 aliphatic rings. The van der Waals surface area contributed by atoms with Crippen LogP contribution in [0.1, 0.15) is 61.1 Å². The van der Waals surface area contributed by atoms with E-state index in [1.807, 2.05) is 6.07 Å². The van der Waals surface area contributed by atoms with E-state index in [2.05, 4.69) is 31.1 Å². The Morgan fingerprint density at radius 2 is 1.72 bits per heavy atom. The maximum atomic E-state index is 14.8. The van der Waals surface area contributed by atoms with Gasteiger partial charge >= 0.3 is 0 Å². The van der Waals surface area contributed by atoms with Crippen molar-refractivity contribution in [2.75, 3.05) is 6.61 Å². The molecule has 2 aromatic rings. The first-order valence-corrected chi connectivity index (χ1v) is 11.5. The van der Waals surface area contributed by atoms with Crippen LogP contribution in [0.15, 0.2) is 61.7 Å². The summed E-state index contributed by atoms with van der Waals surface area (Å²) in [5.74, 6) is 7.70. The van der Waals surface area contributed by atoms with E-state index in [1.165, 1.54) is 37.8 Å². The number of rotatable bonds is 5. The molecule has 2 aromatic carbocycles. The first kappa shape index (κ1) is 22.3. The third kappa shape index (κ3) is 5.13. The van der Waals surface area contributed by atoms with E-state index in [0.29, 0.717) is 23.0 Å². The predicted molar refractivity (Wildman–Crippen MR) is 126 cm³/mol. The number of hydrogen-bond donors (Lipinski definition) is 0. The summed E-state index contributed by atoms with van der Waals surface area (Å²) in [7, 11) is 0. The van der Waals surface area contributed by atoms with Gasteiger partial charge in [-0.3, -0.25) is 0 Å². The van der Waals surface area contributed by atoms with E-state index in [-0.39, 0.29) is 18.2 Å². The van der Waals surface area contributed by atoms with Crippen molar-refractivity contribution in [2.24, 2.45) is 17.8 Å². The van der Waals surface area contributed by atoms with Crippen molar-refractivity contribution in [1.29, 1.82) is 0 Å². The Hall–Kier alpha value is -2.86. The van der Waals surface area contributed by atoms with Gasteiger partial charge in [-0.05, 0) is 98.1 Å². The van der Waals surface area contributed by atoms with Crippen LogP contribution in [0, 0.1) is 41.2 Å². The van der Waals surface area contributed by atoms with Gasteiger partial charge in [-0.25, -0.2) is 8.78 Å². The molecule has 4 rings (SSSR count). The van der Waals surface area contributed by atoms with Gasteiger partial charge in [0.2, 0.25) is 0 Å². The van der Waals surface area contributed by atoms with Gasteiger partial charge in [0.1, 0.15) is 12.4 Å². The number of fused-ring (bicyclic) bond motifs is 1. The molecule has 2 fully saturated rings. The van der Waals surface area contributed by atoms with Crippen LogP contribution in [0.4, 0.5) is 8.78 Å². The largest absolute Gasteiger partial charge is 0.486 e. The summed E-state index contributed by atoms with van der Waals surface area (Å²) in [6.45, 7) is 7.75. The summed E-state index contributed by atoms with van der Waals surface area (Å²) in [6.07, 6.45) is 10.9. The normalized spacial score (nSPS) is 24.6. The second-order valence-electron chi connectivity index (χ2n) is 9.07. The van der Waals surface area contributed by atoms with Crippen LogP contribution in [-0.2, 0) is 0 Å². The maximum Gasteiger partial charge on any atom is 0.166 e. The molecule has 0 spiro atoms. The molecule has 3 heteroatoms. The molecule has 0 aliphatic heterocycles. The van der Waals surface area contributed by atoms with Crippen molar-refractivity contribution in [3.63, 3.8) is 0 Å². The maximum absolute atomic E-state index is 14.8. The van der Waals surface area contributed by atoms with Gasteiger partial charge in [-0.1, -0.05) is 36.6 Å². The van der Waals surface area contributed by atoms with Crippen LogP contribution < -0.4 is 4.74 Å². The van der Waals surface area contributed by atoms with Crippen LogP contribution in [0.5, 0.6) is 5.75 Å². The summed E-state index contributed by atoms with van der Waals surface area (Å²) in [6, 6.07) is 9.92. The Balaban J connectivity index is 1.43. The number of halogens is 2. The second kappa shape index (κ2) is 10.2. The molecular weight excluding hydrogens is 402 g/mol. The summed E-state index contributed by atoms with van der Waals surface area (Å²) in [4.78, 5) is 0. The fraction of sp³-hybridized carbons (Fsp3) is 0.379. The highest BCUT2D eigenvalue weighted by molar-refractivity contribution is 5.46. The Kier molecular flexibility index (Phi) is 7.10. The van der Waals surface area contributed by atoms with Crippen LogP contribution >= 0.6 is 0 Å². The van der Waals surface area contributed by atoms with Crippen molar-refractivity contribution in [1.82, 2.24) is 0 Å². The Morgan fingerprint density at radius 3 is 2.47 bits per heavy atom. The zero-order valence-corrected chi connectivity index (χ0v) is 18.5. The van der Waals surface area contributed by atoms with E-state index in [0.717, 1.165) is 30.2 Å².